The lowest BCUT2D eigenvalue weighted by Gasteiger charge is -2.15. The molecule has 2 aromatic carbocycles. The third-order valence-electron chi connectivity index (χ3n) is 5.92. The van der Waals surface area contributed by atoms with Crippen LogP contribution in [0, 0.1) is 5.92 Å². The number of aromatic amines is 1. The van der Waals surface area contributed by atoms with Gasteiger partial charge in [0.25, 0.3) is 17.7 Å². The van der Waals surface area contributed by atoms with Crippen LogP contribution >= 0.6 is 0 Å². The number of carbonyl (C=O) groups excluding carboxylic acids is 3. The Morgan fingerprint density at radius 3 is 2.67 bits per heavy atom. The third-order valence-corrected chi connectivity index (χ3v) is 5.92. The van der Waals surface area contributed by atoms with Crippen LogP contribution in [0.2, 0.25) is 0 Å². The largest absolute Gasteiger partial charge is 0.358 e. The minimum Gasteiger partial charge on any atom is -0.358 e. The molecule has 1 aliphatic heterocycles. The molecule has 0 saturated carbocycles. The number of H-pyrrole nitrogens is 1. The molecule has 2 heterocycles. The molecule has 2 aliphatic rings. The summed E-state index contributed by atoms with van der Waals surface area (Å²) < 4.78 is 0. The Balaban J connectivity index is 1.33. The molecule has 6 heteroatoms. The monoisotopic (exact) mass is 401 g/mol. The van der Waals surface area contributed by atoms with E-state index in [-0.39, 0.29) is 29.7 Å². The molecular formula is C24H23N3O3. The van der Waals surface area contributed by atoms with Gasteiger partial charge in [-0.15, -0.1) is 0 Å². The maximum atomic E-state index is 12.9. The summed E-state index contributed by atoms with van der Waals surface area (Å²) in [7, 11) is 0. The molecule has 30 heavy (non-hydrogen) atoms. The van der Waals surface area contributed by atoms with Crippen LogP contribution in [0.3, 0.4) is 0 Å². The molecule has 1 atom stereocenters. The number of rotatable bonds is 4. The summed E-state index contributed by atoms with van der Waals surface area (Å²) in [6, 6.07) is 13.0. The van der Waals surface area contributed by atoms with Crippen molar-refractivity contribution < 1.29 is 14.4 Å². The summed E-state index contributed by atoms with van der Waals surface area (Å²) in [5.41, 5.74) is 4.65. The van der Waals surface area contributed by atoms with Crippen LogP contribution in [-0.2, 0) is 12.8 Å². The minimum atomic E-state index is -0.319. The molecular weight excluding hydrogens is 378 g/mol. The summed E-state index contributed by atoms with van der Waals surface area (Å²) in [5.74, 6) is -0.636. The number of hydrogen-bond donors (Lipinski definition) is 2. The second kappa shape index (κ2) is 6.83. The number of nitrogens with one attached hydrogen (secondary N) is 2. The molecule has 2 N–H and O–H groups in total. The van der Waals surface area contributed by atoms with Gasteiger partial charge in [-0.25, -0.2) is 0 Å². The SMILES string of the molecule is CC(C)CN1C(=O)c2ccc(C(=O)NC3Cc4[nH]c5ccccc5c4C3)cc2C1=O. The van der Waals surface area contributed by atoms with Gasteiger partial charge in [0.1, 0.15) is 0 Å². The van der Waals surface area contributed by atoms with Crippen molar-refractivity contribution in [1.82, 2.24) is 15.2 Å². The van der Waals surface area contributed by atoms with Crippen molar-refractivity contribution in [1.29, 1.82) is 0 Å². The number of fused-ring (bicyclic) bond motifs is 4. The number of amides is 3. The fraction of sp³-hybridized carbons (Fsp3) is 0.292. The first-order valence-electron chi connectivity index (χ1n) is 10.3. The number of benzene rings is 2. The molecule has 3 amide bonds. The number of para-hydroxylation sites is 1. The number of imide groups is 1. The van der Waals surface area contributed by atoms with E-state index in [0.717, 1.165) is 18.4 Å². The first kappa shape index (κ1) is 18.6. The molecule has 0 bridgehead atoms. The zero-order valence-electron chi connectivity index (χ0n) is 17.0. The van der Waals surface area contributed by atoms with Crippen molar-refractivity contribution in [3.8, 4) is 0 Å². The smallest absolute Gasteiger partial charge is 0.261 e. The maximum absolute atomic E-state index is 12.9. The normalized spacial score (nSPS) is 17.7. The van der Waals surface area contributed by atoms with Crippen LogP contribution in [0.1, 0.15) is 56.2 Å². The summed E-state index contributed by atoms with van der Waals surface area (Å²) in [5, 5.41) is 4.29. The number of carbonyl (C=O) groups is 3. The predicted molar refractivity (Wildman–Crippen MR) is 114 cm³/mol. The van der Waals surface area contributed by atoms with E-state index >= 15 is 0 Å². The Kier molecular flexibility index (Phi) is 4.24. The van der Waals surface area contributed by atoms with Gasteiger partial charge >= 0.3 is 0 Å². The van der Waals surface area contributed by atoms with Gasteiger partial charge in [0.15, 0.2) is 0 Å². The number of hydrogen-bond acceptors (Lipinski definition) is 3. The van der Waals surface area contributed by atoms with E-state index in [1.165, 1.54) is 21.5 Å². The van der Waals surface area contributed by atoms with Gasteiger partial charge < -0.3 is 10.3 Å². The molecule has 0 fully saturated rings. The zero-order valence-corrected chi connectivity index (χ0v) is 17.0. The van der Waals surface area contributed by atoms with Crippen LogP contribution in [-0.4, -0.2) is 40.2 Å². The highest BCUT2D eigenvalue weighted by atomic mass is 16.2. The highest BCUT2D eigenvalue weighted by Crippen LogP contribution is 2.30. The fourth-order valence-corrected chi connectivity index (χ4v) is 4.56. The quantitative estimate of drug-likeness (QED) is 0.658. The van der Waals surface area contributed by atoms with Gasteiger partial charge in [0.05, 0.1) is 11.1 Å². The molecule has 6 nitrogen and oxygen atoms in total. The van der Waals surface area contributed by atoms with Crippen molar-refractivity contribution in [3.63, 3.8) is 0 Å². The van der Waals surface area contributed by atoms with Crippen molar-refractivity contribution >= 4 is 28.6 Å². The summed E-state index contributed by atoms with van der Waals surface area (Å²) >= 11 is 0. The van der Waals surface area contributed by atoms with Crippen LogP contribution < -0.4 is 5.32 Å². The fourth-order valence-electron chi connectivity index (χ4n) is 4.56. The first-order valence-corrected chi connectivity index (χ1v) is 10.3. The maximum Gasteiger partial charge on any atom is 0.261 e. The second-order valence-electron chi connectivity index (χ2n) is 8.58. The second-order valence-corrected chi connectivity index (χ2v) is 8.58. The van der Waals surface area contributed by atoms with Gasteiger partial charge in [-0.1, -0.05) is 32.0 Å². The van der Waals surface area contributed by atoms with E-state index in [0.29, 0.717) is 23.2 Å². The molecule has 0 spiro atoms. The van der Waals surface area contributed by atoms with Crippen LogP contribution in [0.25, 0.3) is 10.9 Å². The van der Waals surface area contributed by atoms with Crippen molar-refractivity contribution in [2.75, 3.05) is 6.54 Å². The van der Waals surface area contributed by atoms with Crippen LogP contribution in [0.15, 0.2) is 42.5 Å². The van der Waals surface area contributed by atoms with Crippen molar-refractivity contribution in [2.24, 2.45) is 5.92 Å². The zero-order chi connectivity index (χ0) is 21.0. The Morgan fingerprint density at radius 2 is 1.87 bits per heavy atom. The Bertz CT molecular complexity index is 1210. The highest BCUT2D eigenvalue weighted by Gasteiger charge is 2.36. The van der Waals surface area contributed by atoms with Gasteiger partial charge in [-0.05, 0) is 42.2 Å². The molecule has 0 radical (unpaired) electrons. The summed E-state index contributed by atoms with van der Waals surface area (Å²) in [6.07, 6.45) is 1.52. The number of aromatic nitrogens is 1. The molecule has 0 saturated heterocycles. The molecule has 5 rings (SSSR count). The average Bonchev–Trinajstić information content (AvgIpc) is 3.33. The standard InChI is InChI=1S/C24H23N3O3/c1-13(2)12-27-23(29)17-8-7-14(9-19(17)24(27)30)22(28)25-15-10-18-16-5-3-4-6-20(16)26-21(18)11-15/h3-9,13,15,26H,10-12H2,1-2H3,(H,25,28). The van der Waals surface area contributed by atoms with Crippen LogP contribution in [0.4, 0.5) is 0 Å². The number of nitrogens with zero attached hydrogens (tertiary/aromatic N) is 1. The molecule has 1 aromatic heterocycles. The van der Waals surface area contributed by atoms with E-state index in [4.69, 9.17) is 0 Å². The van der Waals surface area contributed by atoms with Crippen molar-refractivity contribution in [2.45, 2.75) is 32.7 Å². The highest BCUT2D eigenvalue weighted by molar-refractivity contribution is 6.22. The first-order chi connectivity index (χ1) is 14.4. The molecule has 1 unspecified atom stereocenters. The van der Waals surface area contributed by atoms with Crippen molar-refractivity contribution in [3.05, 3.63) is 70.4 Å². The topological polar surface area (TPSA) is 82.3 Å². The molecule has 3 aromatic rings. The van der Waals surface area contributed by atoms with E-state index in [1.54, 1.807) is 18.2 Å². The van der Waals surface area contributed by atoms with E-state index < -0.39 is 0 Å². The lowest BCUT2D eigenvalue weighted by Crippen LogP contribution is -2.35. The Hall–Kier alpha value is -3.41. The van der Waals surface area contributed by atoms with E-state index in [1.807, 2.05) is 26.0 Å². The lowest BCUT2D eigenvalue weighted by atomic mass is 10.0. The van der Waals surface area contributed by atoms with Crippen LogP contribution in [0.5, 0.6) is 0 Å². The van der Waals surface area contributed by atoms with Gasteiger partial charge in [0.2, 0.25) is 0 Å². The Labute approximate surface area is 174 Å². The van der Waals surface area contributed by atoms with Gasteiger partial charge in [-0.3, -0.25) is 19.3 Å². The lowest BCUT2D eigenvalue weighted by molar-refractivity contribution is 0.0636. The van der Waals surface area contributed by atoms with E-state index in [9.17, 15) is 14.4 Å². The summed E-state index contributed by atoms with van der Waals surface area (Å²) in [6.45, 7) is 4.30. The summed E-state index contributed by atoms with van der Waals surface area (Å²) in [4.78, 5) is 42.7. The minimum absolute atomic E-state index is 0.00591. The average molecular weight is 401 g/mol. The van der Waals surface area contributed by atoms with E-state index in [2.05, 4.69) is 22.4 Å². The van der Waals surface area contributed by atoms with Gasteiger partial charge in [0, 0.05) is 41.2 Å². The molecule has 152 valence electrons. The predicted octanol–water partition coefficient (Wildman–Crippen LogP) is 3.32. The Morgan fingerprint density at radius 1 is 1.10 bits per heavy atom. The third kappa shape index (κ3) is 2.91. The molecule has 1 aliphatic carbocycles. The van der Waals surface area contributed by atoms with Gasteiger partial charge in [-0.2, -0.15) is 0 Å².